The summed E-state index contributed by atoms with van der Waals surface area (Å²) in [5, 5.41) is 13.6. The van der Waals surface area contributed by atoms with Crippen molar-refractivity contribution in [2.45, 2.75) is 23.4 Å². The third kappa shape index (κ3) is 4.10. The number of thioether (sulfide) groups is 1. The van der Waals surface area contributed by atoms with Crippen molar-refractivity contribution >= 4 is 55.9 Å². The number of carbonyl (C=O) groups excluding carboxylic acids is 1. The lowest BCUT2D eigenvalue weighted by Crippen LogP contribution is -3.04. The number of nitrogens with one attached hydrogen (secondary N) is 1. The number of fused-ring (bicyclic) bond motifs is 1. The maximum Gasteiger partial charge on any atom is 0.340 e. The van der Waals surface area contributed by atoms with Gasteiger partial charge in [-0.2, -0.15) is 0 Å². The number of aryl methyl sites for hydroxylation is 1. The van der Waals surface area contributed by atoms with Crippen LogP contribution in [0.1, 0.15) is 28.5 Å². The van der Waals surface area contributed by atoms with Crippen LogP contribution in [0.2, 0.25) is 0 Å². The van der Waals surface area contributed by atoms with Crippen LogP contribution < -0.4 is 4.90 Å². The van der Waals surface area contributed by atoms with E-state index in [0.717, 1.165) is 27.1 Å². The van der Waals surface area contributed by atoms with Crippen molar-refractivity contribution in [3.05, 3.63) is 44.9 Å². The molecule has 0 atom stereocenters. The molecule has 0 amide bonds. The fourth-order valence-electron chi connectivity index (χ4n) is 3.28. The van der Waals surface area contributed by atoms with E-state index in [-0.39, 0.29) is 11.7 Å². The van der Waals surface area contributed by atoms with Gasteiger partial charge in [-0.25, -0.2) is 4.79 Å². The van der Waals surface area contributed by atoms with Crippen molar-refractivity contribution in [3.8, 4) is 5.75 Å². The number of aromatic nitrogens is 1. The summed E-state index contributed by atoms with van der Waals surface area (Å²) in [4.78, 5) is 14.1. The first kappa shape index (κ1) is 21.2. The molecule has 2 aromatic heterocycles. The highest BCUT2D eigenvalue weighted by Crippen LogP contribution is 2.40. The molecule has 1 aromatic carbocycles. The number of ether oxygens (including phenoxy) is 1. The second kappa shape index (κ2) is 8.90. The Balaban J connectivity index is 2.24. The maximum atomic E-state index is 12.9. The Labute approximate surface area is 181 Å². The summed E-state index contributed by atoms with van der Waals surface area (Å²) >= 11 is 6.85. The fourth-order valence-corrected chi connectivity index (χ4v) is 5.59. The lowest BCUT2D eigenvalue weighted by molar-refractivity contribution is -0.872. The van der Waals surface area contributed by atoms with Crippen LogP contribution >= 0.6 is 39.0 Å². The first-order valence-electron chi connectivity index (χ1n) is 8.99. The second-order valence-electron chi connectivity index (χ2n) is 6.79. The number of quaternary nitrogens is 1. The number of carbonyl (C=O) groups is 1. The zero-order chi connectivity index (χ0) is 20.4. The van der Waals surface area contributed by atoms with Gasteiger partial charge in [0, 0.05) is 23.9 Å². The van der Waals surface area contributed by atoms with Gasteiger partial charge in [0.05, 0.1) is 46.0 Å². The molecule has 0 aliphatic rings. The highest BCUT2D eigenvalue weighted by Gasteiger charge is 2.28. The summed E-state index contributed by atoms with van der Waals surface area (Å²) in [6.45, 7) is 2.71. The van der Waals surface area contributed by atoms with Crippen molar-refractivity contribution in [1.82, 2.24) is 4.57 Å². The summed E-state index contributed by atoms with van der Waals surface area (Å²) in [5.74, 6) is 0.487. The average Bonchev–Trinajstić information content (AvgIpc) is 3.24. The molecular formula is C20H24BrN2O3S2+. The number of rotatable bonds is 7. The molecule has 150 valence electrons. The number of phenolic OH excluding ortho intramolecular Hbond substituents is 1. The smallest absolute Gasteiger partial charge is 0.340 e. The predicted octanol–water partition coefficient (Wildman–Crippen LogP) is 3.82. The van der Waals surface area contributed by atoms with Gasteiger partial charge < -0.3 is 19.3 Å². The van der Waals surface area contributed by atoms with Crippen molar-refractivity contribution in [3.63, 3.8) is 0 Å². The highest BCUT2D eigenvalue weighted by atomic mass is 79.9. The van der Waals surface area contributed by atoms with Gasteiger partial charge in [-0.05, 0) is 40.4 Å². The van der Waals surface area contributed by atoms with Gasteiger partial charge in [-0.3, -0.25) is 0 Å². The van der Waals surface area contributed by atoms with Gasteiger partial charge in [0.2, 0.25) is 0 Å². The summed E-state index contributed by atoms with van der Waals surface area (Å²) in [5.41, 5.74) is 3.13. The number of aromatic hydroxyl groups is 1. The summed E-state index contributed by atoms with van der Waals surface area (Å²) < 4.78 is 9.27. The number of halogens is 1. The zero-order valence-electron chi connectivity index (χ0n) is 16.3. The quantitative estimate of drug-likeness (QED) is 0.396. The van der Waals surface area contributed by atoms with Crippen LogP contribution in [0.3, 0.4) is 0 Å². The lowest BCUT2D eigenvalue weighted by atomic mass is 10.0. The van der Waals surface area contributed by atoms with E-state index in [0.29, 0.717) is 28.9 Å². The Bertz CT molecular complexity index is 997. The molecule has 0 saturated heterocycles. The molecule has 0 spiro atoms. The molecule has 0 fully saturated rings. The highest BCUT2D eigenvalue weighted by molar-refractivity contribution is 9.10. The molecule has 0 aliphatic carbocycles. The monoisotopic (exact) mass is 483 g/mol. The lowest BCUT2D eigenvalue weighted by Gasteiger charge is -2.13. The molecule has 0 radical (unpaired) electrons. The first-order valence-corrected chi connectivity index (χ1v) is 11.6. The molecule has 3 rings (SSSR count). The van der Waals surface area contributed by atoms with Crippen molar-refractivity contribution < 1.29 is 19.5 Å². The Kier molecular flexibility index (Phi) is 6.75. The topological polar surface area (TPSA) is 55.9 Å². The van der Waals surface area contributed by atoms with Crippen LogP contribution in [0.5, 0.6) is 5.75 Å². The van der Waals surface area contributed by atoms with Crippen LogP contribution in [-0.4, -0.2) is 36.3 Å². The van der Waals surface area contributed by atoms with E-state index in [4.69, 9.17) is 4.74 Å². The van der Waals surface area contributed by atoms with E-state index in [9.17, 15) is 9.90 Å². The number of thiophene rings is 1. The van der Waals surface area contributed by atoms with E-state index in [1.807, 2.05) is 50.1 Å². The molecule has 2 heterocycles. The van der Waals surface area contributed by atoms with E-state index in [1.54, 1.807) is 23.1 Å². The molecule has 3 aromatic rings. The predicted molar refractivity (Wildman–Crippen MR) is 119 cm³/mol. The maximum absolute atomic E-state index is 12.9. The molecule has 5 nitrogen and oxygen atoms in total. The van der Waals surface area contributed by atoms with E-state index in [2.05, 4.69) is 22.0 Å². The van der Waals surface area contributed by atoms with Gasteiger partial charge in [0.15, 0.2) is 0 Å². The normalized spacial score (nSPS) is 11.5. The Morgan fingerprint density at radius 3 is 2.79 bits per heavy atom. The molecule has 0 unspecified atom stereocenters. The minimum atomic E-state index is -0.341. The minimum Gasteiger partial charge on any atom is -0.506 e. The SMILES string of the molecule is CCOC(=O)c1c(CSc2cccs2)n(C)c2cc(Br)c(O)c(C[NH+](C)C)c12. The van der Waals surface area contributed by atoms with E-state index >= 15 is 0 Å². The third-order valence-corrected chi connectivity index (χ3v) is 7.24. The standard InChI is InChI=1S/C20H23BrN2O3S2/c1-5-26-20(25)18-15(11-28-16-7-6-8-27-16)23(4)14-9-13(21)19(24)12(17(14)18)10-22(2)3/h6-9,24H,5,10-11H2,1-4H3/p+1. The minimum absolute atomic E-state index is 0.183. The van der Waals surface area contributed by atoms with Crippen molar-refractivity contribution in [2.75, 3.05) is 20.7 Å². The van der Waals surface area contributed by atoms with E-state index < -0.39 is 0 Å². The van der Waals surface area contributed by atoms with Gasteiger partial charge in [0.1, 0.15) is 12.3 Å². The number of hydrogen-bond donors (Lipinski definition) is 2. The Morgan fingerprint density at radius 2 is 2.18 bits per heavy atom. The first-order chi connectivity index (χ1) is 13.3. The van der Waals surface area contributed by atoms with Gasteiger partial charge in [-0.15, -0.1) is 23.1 Å². The molecule has 8 heteroatoms. The summed E-state index contributed by atoms with van der Waals surface area (Å²) in [6, 6.07) is 5.97. The molecule has 0 bridgehead atoms. The van der Waals surface area contributed by atoms with Crippen LogP contribution in [0.25, 0.3) is 10.9 Å². The van der Waals surface area contributed by atoms with Crippen molar-refractivity contribution in [1.29, 1.82) is 0 Å². The average molecular weight is 484 g/mol. The Hall–Kier alpha value is -1.48. The number of phenols is 1. The largest absolute Gasteiger partial charge is 0.506 e. The van der Waals surface area contributed by atoms with Crippen LogP contribution in [0.15, 0.2) is 32.3 Å². The number of esters is 1. The van der Waals surface area contributed by atoms with Crippen LogP contribution in [0, 0.1) is 0 Å². The number of nitrogens with zero attached hydrogens (tertiary/aromatic N) is 1. The zero-order valence-corrected chi connectivity index (χ0v) is 19.6. The fraction of sp³-hybridized carbons (Fsp3) is 0.350. The van der Waals surface area contributed by atoms with Gasteiger partial charge in [0.25, 0.3) is 0 Å². The summed E-state index contributed by atoms with van der Waals surface area (Å²) in [6.07, 6.45) is 0. The number of hydrogen-bond acceptors (Lipinski definition) is 5. The van der Waals surface area contributed by atoms with Crippen molar-refractivity contribution in [2.24, 2.45) is 7.05 Å². The van der Waals surface area contributed by atoms with Gasteiger partial charge in [-0.1, -0.05) is 6.07 Å². The summed E-state index contributed by atoms with van der Waals surface area (Å²) in [7, 11) is 6.00. The van der Waals surface area contributed by atoms with Crippen LogP contribution in [-0.2, 0) is 24.1 Å². The molecular weight excluding hydrogens is 460 g/mol. The molecule has 0 aliphatic heterocycles. The number of benzene rings is 1. The Morgan fingerprint density at radius 1 is 1.43 bits per heavy atom. The molecule has 0 saturated carbocycles. The molecule has 28 heavy (non-hydrogen) atoms. The van der Waals surface area contributed by atoms with E-state index in [1.165, 1.54) is 4.21 Å². The van der Waals surface area contributed by atoms with Gasteiger partial charge >= 0.3 is 5.97 Å². The van der Waals surface area contributed by atoms with Crippen LogP contribution in [0.4, 0.5) is 0 Å². The molecule has 2 N–H and O–H groups in total. The third-order valence-electron chi connectivity index (χ3n) is 4.49. The second-order valence-corrected chi connectivity index (χ2v) is 9.86.